The molecule has 1 aliphatic carbocycles. The molecule has 1 aliphatic rings. The molecule has 3 rings (SSSR count). The number of hydrogen-bond donors (Lipinski definition) is 1. The van der Waals surface area contributed by atoms with Crippen LogP contribution in [0.15, 0.2) is 28.9 Å². The number of carboxylic acids is 1. The second-order valence-corrected chi connectivity index (χ2v) is 6.03. The van der Waals surface area contributed by atoms with Crippen LogP contribution in [0.2, 0.25) is 0 Å². The Hall–Kier alpha value is -1.29. The van der Waals surface area contributed by atoms with E-state index in [9.17, 15) is 4.79 Å². The van der Waals surface area contributed by atoms with Crippen molar-refractivity contribution in [3.05, 3.63) is 34.4 Å². The Morgan fingerprint density at radius 2 is 2.22 bits per heavy atom. The fraction of sp³-hybridized carbons (Fsp3) is 0.357. The van der Waals surface area contributed by atoms with Crippen LogP contribution >= 0.6 is 15.9 Å². The molecular formula is C14H14BrNO2. The van der Waals surface area contributed by atoms with E-state index in [0.29, 0.717) is 0 Å². The number of aromatic nitrogens is 1. The van der Waals surface area contributed by atoms with Crippen molar-refractivity contribution in [3.8, 4) is 0 Å². The summed E-state index contributed by atoms with van der Waals surface area (Å²) in [5.41, 5.74) is 2.19. The quantitative estimate of drug-likeness (QED) is 0.943. The van der Waals surface area contributed by atoms with Gasteiger partial charge in [0.1, 0.15) is 0 Å². The molecule has 0 bridgehead atoms. The van der Waals surface area contributed by atoms with Gasteiger partial charge in [-0.25, -0.2) is 0 Å². The largest absolute Gasteiger partial charge is 0.481 e. The lowest BCUT2D eigenvalue weighted by Crippen LogP contribution is -2.12. The minimum Gasteiger partial charge on any atom is -0.481 e. The Morgan fingerprint density at radius 1 is 1.50 bits per heavy atom. The molecule has 0 aliphatic heterocycles. The Balaban J connectivity index is 2.09. The Morgan fingerprint density at radius 3 is 2.83 bits per heavy atom. The lowest BCUT2D eigenvalue weighted by Gasteiger charge is -2.13. The van der Waals surface area contributed by atoms with E-state index in [-0.39, 0.29) is 11.8 Å². The van der Waals surface area contributed by atoms with Gasteiger partial charge in [0.2, 0.25) is 0 Å². The lowest BCUT2D eigenvalue weighted by molar-refractivity contribution is -0.137. The molecule has 0 radical (unpaired) electrons. The summed E-state index contributed by atoms with van der Waals surface area (Å²) in [5, 5.41) is 10.2. The second kappa shape index (κ2) is 3.85. The van der Waals surface area contributed by atoms with Gasteiger partial charge in [-0.05, 0) is 40.4 Å². The number of halogens is 1. The predicted molar refractivity (Wildman–Crippen MR) is 73.8 cm³/mol. The van der Waals surface area contributed by atoms with Crippen molar-refractivity contribution in [1.82, 2.24) is 4.57 Å². The van der Waals surface area contributed by atoms with Gasteiger partial charge in [0.15, 0.2) is 0 Å². The first-order chi connectivity index (χ1) is 8.52. The first kappa shape index (κ1) is 11.8. The molecule has 1 N–H and O–H groups in total. The summed E-state index contributed by atoms with van der Waals surface area (Å²) >= 11 is 3.53. The van der Waals surface area contributed by atoms with Gasteiger partial charge in [-0.2, -0.15) is 0 Å². The first-order valence-corrected chi connectivity index (χ1v) is 6.78. The van der Waals surface area contributed by atoms with E-state index in [1.807, 2.05) is 13.2 Å². The van der Waals surface area contributed by atoms with Gasteiger partial charge in [-0.1, -0.05) is 12.1 Å². The molecule has 3 nitrogen and oxygen atoms in total. The second-order valence-electron chi connectivity index (χ2n) is 5.17. The number of rotatable bonds is 3. The molecule has 0 spiro atoms. The predicted octanol–water partition coefficient (Wildman–Crippen LogP) is 3.45. The molecule has 0 unspecified atom stereocenters. The third-order valence-electron chi connectivity index (χ3n) is 3.90. The average Bonchev–Trinajstić information content (AvgIpc) is 3.02. The molecule has 1 heterocycles. The molecule has 1 aromatic heterocycles. The number of aryl methyl sites for hydroxylation is 1. The van der Waals surface area contributed by atoms with Crippen LogP contribution in [-0.4, -0.2) is 15.6 Å². The summed E-state index contributed by atoms with van der Waals surface area (Å²) in [6.07, 6.45) is 4.24. The van der Waals surface area contributed by atoms with Crippen molar-refractivity contribution in [2.45, 2.75) is 24.7 Å². The van der Waals surface area contributed by atoms with Crippen molar-refractivity contribution < 1.29 is 9.90 Å². The van der Waals surface area contributed by atoms with E-state index in [4.69, 9.17) is 5.11 Å². The molecule has 1 saturated carbocycles. The molecule has 2 aromatic rings. The van der Waals surface area contributed by atoms with Crippen LogP contribution in [-0.2, 0) is 17.3 Å². The smallest absolute Gasteiger partial charge is 0.304 e. The monoisotopic (exact) mass is 307 g/mol. The highest BCUT2D eigenvalue weighted by Crippen LogP contribution is 2.51. The summed E-state index contributed by atoms with van der Waals surface area (Å²) in [6.45, 7) is 0. The van der Waals surface area contributed by atoms with Gasteiger partial charge in [0.05, 0.1) is 6.42 Å². The normalized spacial score (nSPS) is 17.0. The number of benzene rings is 1. The Kier molecular flexibility index (Phi) is 2.52. The summed E-state index contributed by atoms with van der Waals surface area (Å²) < 4.78 is 3.15. The van der Waals surface area contributed by atoms with Crippen molar-refractivity contribution >= 4 is 32.8 Å². The Labute approximate surface area is 114 Å². The minimum absolute atomic E-state index is 0.114. The van der Waals surface area contributed by atoms with E-state index in [0.717, 1.165) is 28.4 Å². The van der Waals surface area contributed by atoms with Crippen LogP contribution in [0.25, 0.3) is 10.9 Å². The Bertz CT molecular complexity index is 641. The van der Waals surface area contributed by atoms with Crippen LogP contribution in [0.3, 0.4) is 0 Å². The molecular weight excluding hydrogens is 294 g/mol. The van der Waals surface area contributed by atoms with E-state index >= 15 is 0 Å². The van der Waals surface area contributed by atoms with Gasteiger partial charge in [0.25, 0.3) is 0 Å². The van der Waals surface area contributed by atoms with Crippen LogP contribution in [0.4, 0.5) is 0 Å². The molecule has 0 amide bonds. The maximum atomic E-state index is 11.0. The summed E-state index contributed by atoms with van der Waals surface area (Å²) in [5.74, 6) is -0.708. The zero-order chi connectivity index (χ0) is 12.9. The zero-order valence-corrected chi connectivity index (χ0v) is 11.7. The van der Waals surface area contributed by atoms with Gasteiger partial charge in [-0.3, -0.25) is 4.79 Å². The molecule has 0 atom stereocenters. The van der Waals surface area contributed by atoms with Gasteiger partial charge < -0.3 is 9.67 Å². The number of hydrogen-bond acceptors (Lipinski definition) is 1. The molecule has 18 heavy (non-hydrogen) atoms. The topological polar surface area (TPSA) is 42.2 Å². The summed E-state index contributed by atoms with van der Waals surface area (Å²) in [4.78, 5) is 11.0. The third-order valence-corrected chi connectivity index (χ3v) is 4.53. The SMILES string of the molecule is Cn1cc(Br)c2ccc(C3(CC(=O)O)CC3)cc21. The number of nitrogens with zero attached hydrogens (tertiary/aromatic N) is 1. The first-order valence-electron chi connectivity index (χ1n) is 5.99. The number of fused-ring (bicyclic) bond motifs is 1. The molecule has 4 heteroatoms. The van der Waals surface area contributed by atoms with Crippen molar-refractivity contribution in [2.24, 2.45) is 7.05 Å². The van der Waals surface area contributed by atoms with Crippen molar-refractivity contribution in [3.63, 3.8) is 0 Å². The van der Waals surface area contributed by atoms with Gasteiger partial charge >= 0.3 is 5.97 Å². The summed E-state index contributed by atoms with van der Waals surface area (Å²) in [7, 11) is 2.01. The maximum absolute atomic E-state index is 11.0. The molecule has 1 fully saturated rings. The number of carboxylic acid groups (broad SMARTS) is 1. The summed E-state index contributed by atoms with van der Waals surface area (Å²) in [6, 6.07) is 6.29. The van der Waals surface area contributed by atoms with Gasteiger partial charge in [0, 0.05) is 34.0 Å². The highest BCUT2D eigenvalue weighted by Gasteiger charge is 2.46. The van der Waals surface area contributed by atoms with Crippen LogP contribution in [0.5, 0.6) is 0 Å². The number of aliphatic carboxylic acids is 1. The van der Waals surface area contributed by atoms with E-state index in [2.05, 4.69) is 38.7 Å². The van der Waals surface area contributed by atoms with E-state index in [1.54, 1.807) is 0 Å². The minimum atomic E-state index is -0.708. The highest BCUT2D eigenvalue weighted by molar-refractivity contribution is 9.10. The third kappa shape index (κ3) is 1.75. The van der Waals surface area contributed by atoms with Crippen LogP contribution in [0.1, 0.15) is 24.8 Å². The molecule has 94 valence electrons. The fourth-order valence-electron chi connectivity index (χ4n) is 2.67. The highest BCUT2D eigenvalue weighted by atomic mass is 79.9. The average molecular weight is 308 g/mol. The maximum Gasteiger partial charge on any atom is 0.304 e. The van der Waals surface area contributed by atoms with E-state index in [1.165, 1.54) is 5.39 Å². The van der Waals surface area contributed by atoms with Gasteiger partial charge in [-0.15, -0.1) is 0 Å². The number of carbonyl (C=O) groups is 1. The van der Waals surface area contributed by atoms with E-state index < -0.39 is 5.97 Å². The standard InChI is InChI=1S/C14H14BrNO2/c1-16-8-11(15)10-3-2-9(6-12(10)16)14(4-5-14)7-13(17)18/h2-3,6,8H,4-5,7H2,1H3,(H,17,18). The zero-order valence-electron chi connectivity index (χ0n) is 10.1. The molecule has 0 saturated heterocycles. The fourth-order valence-corrected chi connectivity index (χ4v) is 3.31. The van der Waals surface area contributed by atoms with Crippen molar-refractivity contribution in [1.29, 1.82) is 0 Å². The van der Waals surface area contributed by atoms with Crippen molar-refractivity contribution in [2.75, 3.05) is 0 Å². The lowest BCUT2D eigenvalue weighted by atomic mass is 9.92. The van der Waals surface area contributed by atoms with Crippen LogP contribution < -0.4 is 0 Å². The van der Waals surface area contributed by atoms with Crippen LogP contribution in [0, 0.1) is 0 Å². The molecule has 1 aromatic carbocycles.